The molecule has 0 aromatic carbocycles. The minimum atomic E-state index is -4.53. The zero-order valence-electron chi connectivity index (χ0n) is 9.57. The molecule has 0 bridgehead atoms. The third kappa shape index (κ3) is 2.24. The van der Waals surface area contributed by atoms with Crippen molar-refractivity contribution >= 4 is 6.09 Å². The Labute approximate surface area is 100 Å². The highest BCUT2D eigenvalue weighted by molar-refractivity contribution is 5.67. The summed E-state index contributed by atoms with van der Waals surface area (Å²) in [6, 6.07) is 0. The van der Waals surface area contributed by atoms with Crippen LogP contribution in [0.5, 0.6) is 0 Å². The number of rotatable bonds is 1. The van der Waals surface area contributed by atoms with Gasteiger partial charge in [-0.3, -0.25) is 4.90 Å². The van der Waals surface area contributed by atoms with Crippen molar-refractivity contribution in [2.45, 2.75) is 26.2 Å². The zero-order chi connectivity index (χ0) is 13.3. The van der Waals surface area contributed by atoms with E-state index in [-0.39, 0.29) is 32.1 Å². The first-order chi connectivity index (χ1) is 8.43. The Morgan fingerprint density at radius 1 is 1.39 bits per heavy atom. The molecular formula is C9H11F3N4O2. The van der Waals surface area contributed by atoms with Gasteiger partial charge < -0.3 is 9.30 Å². The highest BCUT2D eigenvalue weighted by Gasteiger charge is 2.39. The molecule has 0 spiro atoms. The fourth-order valence-corrected chi connectivity index (χ4v) is 1.74. The number of alkyl halides is 3. The summed E-state index contributed by atoms with van der Waals surface area (Å²) in [6.45, 7) is 2.01. The molecule has 1 aliphatic heterocycles. The van der Waals surface area contributed by atoms with Crippen molar-refractivity contribution in [3.8, 4) is 0 Å². The topological polar surface area (TPSA) is 60.2 Å². The fraction of sp³-hybridized carbons (Fsp3) is 0.667. The summed E-state index contributed by atoms with van der Waals surface area (Å²) in [7, 11) is 0. The molecule has 0 fully saturated rings. The molecule has 6 nitrogen and oxygen atoms in total. The summed E-state index contributed by atoms with van der Waals surface area (Å²) in [5.74, 6) is -0.914. The van der Waals surface area contributed by atoms with Crippen molar-refractivity contribution in [1.29, 1.82) is 0 Å². The summed E-state index contributed by atoms with van der Waals surface area (Å²) in [6.07, 6.45) is -5.09. The van der Waals surface area contributed by atoms with Gasteiger partial charge in [-0.05, 0) is 6.92 Å². The second kappa shape index (κ2) is 4.46. The second-order valence-corrected chi connectivity index (χ2v) is 3.71. The lowest BCUT2D eigenvalue weighted by atomic mass is 10.3. The molecule has 0 atom stereocenters. The van der Waals surface area contributed by atoms with E-state index >= 15 is 0 Å². The Kier molecular flexibility index (Phi) is 3.14. The number of aromatic nitrogens is 3. The van der Waals surface area contributed by atoms with Crippen LogP contribution in [0.3, 0.4) is 0 Å². The standard InChI is InChI=1S/C9H11F3N4O2/c1-2-18-8(17)15-3-4-16-6(5-15)13-14-7(16)9(10,11)12/h2-5H2,1H3. The van der Waals surface area contributed by atoms with Gasteiger partial charge >= 0.3 is 12.3 Å². The van der Waals surface area contributed by atoms with Gasteiger partial charge in [0.05, 0.1) is 13.2 Å². The van der Waals surface area contributed by atoms with Gasteiger partial charge in [-0.25, -0.2) is 4.79 Å². The van der Waals surface area contributed by atoms with Crippen molar-refractivity contribution in [2.24, 2.45) is 0 Å². The van der Waals surface area contributed by atoms with Gasteiger partial charge in [0.1, 0.15) is 0 Å². The second-order valence-electron chi connectivity index (χ2n) is 3.71. The van der Waals surface area contributed by atoms with Crippen molar-refractivity contribution in [3.05, 3.63) is 11.6 Å². The van der Waals surface area contributed by atoms with E-state index < -0.39 is 18.1 Å². The number of ether oxygens (including phenoxy) is 1. The lowest BCUT2D eigenvalue weighted by Gasteiger charge is -2.27. The summed E-state index contributed by atoms with van der Waals surface area (Å²) < 4.78 is 43.4. The third-order valence-corrected chi connectivity index (χ3v) is 2.53. The molecule has 18 heavy (non-hydrogen) atoms. The maximum absolute atomic E-state index is 12.6. The molecule has 9 heteroatoms. The third-order valence-electron chi connectivity index (χ3n) is 2.53. The Bertz CT molecular complexity index is 457. The van der Waals surface area contributed by atoms with Gasteiger partial charge in [-0.15, -0.1) is 10.2 Å². The van der Waals surface area contributed by atoms with E-state index in [0.29, 0.717) is 0 Å². The number of amides is 1. The predicted octanol–water partition coefficient (Wildman–Crippen LogP) is 1.27. The van der Waals surface area contributed by atoms with Crippen molar-refractivity contribution in [2.75, 3.05) is 13.2 Å². The number of nitrogens with zero attached hydrogens (tertiary/aromatic N) is 4. The molecule has 0 N–H and O–H groups in total. The molecule has 100 valence electrons. The smallest absolute Gasteiger partial charge is 0.450 e. The van der Waals surface area contributed by atoms with Crippen LogP contribution in [0.1, 0.15) is 18.6 Å². The zero-order valence-corrected chi connectivity index (χ0v) is 9.57. The van der Waals surface area contributed by atoms with E-state index in [1.807, 2.05) is 0 Å². The lowest BCUT2D eigenvalue weighted by Crippen LogP contribution is -2.39. The van der Waals surface area contributed by atoms with E-state index in [0.717, 1.165) is 4.57 Å². The average molecular weight is 264 g/mol. The molecule has 1 aromatic rings. The number of hydrogen-bond acceptors (Lipinski definition) is 4. The molecule has 0 saturated heterocycles. The van der Waals surface area contributed by atoms with E-state index in [1.54, 1.807) is 6.92 Å². The lowest BCUT2D eigenvalue weighted by molar-refractivity contribution is -0.147. The Hall–Kier alpha value is -1.80. The van der Waals surface area contributed by atoms with Gasteiger partial charge in [0, 0.05) is 13.1 Å². The van der Waals surface area contributed by atoms with Crippen LogP contribution in [0.25, 0.3) is 0 Å². The van der Waals surface area contributed by atoms with E-state index in [9.17, 15) is 18.0 Å². The normalized spacial score (nSPS) is 15.4. The largest absolute Gasteiger partial charge is 0.451 e. The van der Waals surface area contributed by atoms with Gasteiger partial charge in [0.2, 0.25) is 5.82 Å². The summed E-state index contributed by atoms with van der Waals surface area (Å²) in [4.78, 5) is 12.7. The summed E-state index contributed by atoms with van der Waals surface area (Å²) in [5.41, 5.74) is 0. The van der Waals surface area contributed by atoms with Crippen LogP contribution in [-0.4, -0.2) is 38.9 Å². The number of halogens is 3. The number of hydrogen-bond donors (Lipinski definition) is 0. The minimum Gasteiger partial charge on any atom is -0.450 e. The van der Waals surface area contributed by atoms with Crippen molar-refractivity contribution < 1.29 is 22.7 Å². The molecule has 0 unspecified atom stereocenters. The SMILES string of the molecule is CCOC(=O)N1CCn2c(nnc2C(F)(F)F)C1. The first-order valence-corrected chi connectivity index (χ1v) is 5.34. The molecule has 1 amide bonds. The van der Waals surface area contributed by atoms with Gasteiger partial charge in [0.25, 0.3) is 0 Å². The Morgan fingerprint density at radius 3 is 2.72 bits per heavy atom. The van der Waals surface area contributed by atoms with Crippen LogP contribution in [0.2, 0.25) is 0 Å². The average Bonchev–Trinajstić information content (AvgIpc) is 2.71. The fourth-order valence-electron chi connectivity index (χ4n) is 1.74. The molecule has 1 aliphatic rings. The molecule has 2 heterocycles. The molecule has 0 saturated carbocycles. The highest BCUT2D eigenvalue weighted by atomic mass is 19.4. The monoisotopic (exact) mass is 264 g/mol. The van der Waals surface area contributed by atoms with Gasteiger partial charge in [0.15, 0.2) is 5.82 Å². The molecule has 2 rings (SSSR count). The first-order valence-electron chi connectivity index (χ1n) is 5.34. The Morgan fingerprint density at radius 2 is 2.11 bits per heavy atom. The number of fused-ring (bicyclic) bond motifs is 1. The van der Waals surface area contributed by atoms with Crippen LogP contribution >= 0.6 is 0 Å². The van der Waals surface area contributed by atoms with Gasteiger partial charge in [-0.1, -0.05) is 0 Å². The predicted molar refractivity (Wildman–Crippen MR) is 52.5 cm³/mol. The molecule has 1 aromatic heterocycles. The molecule has 0 aliphatic carbocycles. The van der Waals surface area contributed by atoms with Crippen molar-refractivity contribution in [1.82, 2.24) is 19.7 Å². The maximum Gasteiger partial charge on any atom is 0.451 e. The van der Waals surface area contributed by atoms with Crippen LogP contribution < -0.4 is 0 Å². The molecule has 0 radical (unpaired) electrons. The van der Waals surface area contributed by atoms with E-state index in [2.05, 4.69) is 10.2 Å². The van der Waals surface area contributed by atoms with Gasteiger partial charge in [-0.2, -0.15) is 13.2 Å². The number of carbonyl (C=O) groups is 1. The van der Waals surface area contributed by atoms with Crippen LogP contribution in [0.15, 0.2) is 0 Å². The highest BCUT2D eigenvalue weighted by Crippen LogP contribution is 2.29. The Balaban J connectivity index is 2.17. The maximum atomic E-state index is 12.6. The molecular weight excluding hydrogens is 253 g/mol. The van der Waals surface area contributed by atoms with E-state index in [1.165, 1.54) is 4.90 Å². The summed E-state index contributed by atoms with van der Waals surface area (Å²) in [5, 5.41) is 6.58. The number of carbonyl (C=O) groups excluding carboxylic acids is 1. The van der Waals surface area contributed by atoms with Crippen LogP contribution in [-0.2, 0) is 24.0 Å². The summed E-state index contributed by atoms with van der Waals surface area (Å²) >= 11 is 0. The first kappa shape index (κ1) is 12.7. The van der Waals surface area contributed by atoms with E-state index in [4.69, 9.17) is 4.74 Å². The quantitative estimate of drug-likeness (QED) is 0.766. The minimum absolute atomic E-state index is 0.00991. The van der Waals surface area contributed by atoms with Crippen LogP contribution in [0.4, 0.5) is 18.0 Å². The van der Waals surface area contributed by atoms with Crippen molar-refractivity contribution in [3.63, 3.8) is 0 Å². The van der Waals surface area contributed by atoms with Crippen LogP contribution in [0, 0.1) is 0 Å².